The molecular weight excluding hydrogens is 268 g/mol. The molecule has 1 aromatic carbocycles. The van der Waals surface area contributed by atoms with Gasteiger partial charge in [0.05, 0.1) is 12.2 Å². The molecule has 0 spiro atoms. The number of nitrogens with zero attached hydrogens (tertiary/aromatic N) is 1. The molecule has 0 radical (unpaired) electrons. The largest absolute Gasteiger partial charge is 0.355 e. The summed E-state index contributed by atoms with van der Waals surface area (Å²) in [5.41, 5.74) is 1.95. The highest BCUT2D eigenvalue weighted by molar-refractivity contribution is 5.95. The smallest absolute Gasteiger partial charge is 0.269 e. The summed E-state index contributed by atoms with van der Waals surface area (Å²) in [7, 11) is 0. The molecule has 0 saturated heterocycles. The van der Waals surface area contributed by atoms with E-state index in [-0.39, 0.29) is 18.4 Å². The lowest BCUT2D eigenvalue weighted by molar-refractivity contribution is -0.120. The van der Waals surface area contributed by atoms with E-state index < -0.39 is 0 Å². The van der Waals surface area contributed by atoms with Crippen LogP contribution < -0.4 is 10.6 Å². The van der Waals surface area contributed by atoms with E-state index >= 15 is 0 Å². The lowest BCUT2D eigenvalue weighted by Crippen LogP contribution is -2.37. The topological polar surface area (TPSA) is 86.9 Å². The highest BCUT2D eigenvalue weighted by Crippen LogP contribution is 2.16. The molecule has 0 bridgehead atoms. The third-order valence-corrected chi connectivity index (χ3v) is 2.87. The van der Waals surface area contributed by atoms with Gasteiger partial charge < -0.3 is 10.6 Å². The molecular formula is C15H18N4O2. The Labute approximate surface area is 122 Å². The second-order valence-electron chi connectivity index (χ2n) is 4.57. The van der Waals surface area contributed by atoms with Gasteiger partial charge in [0.1, 0.15) is 5.69 Å². The van der Waals surface area contributed by atoms with E-state index in [4.69, 9.17) is 0 Å². The highest BCUT2D eigenvalue weighted by Gasteiger charge is 2.11. The molecule has 2 amide bonds. The summed E-state index contributed by atoms with van der Waals surface area (Å²) in [6.07, 6.45) is 0.862. The summed E-state index contributed by atoms with van der Waals surface area (Å²) in [4.78, 5) is 23.3. The molecule has 0 fully saturated rings. The maximum atomic E-state index is 11.9. The number of carbonyl (C=O) groups excluding carboxylic acids is 2. The first kappa shape index (κ1) is 14.8. The van der Waals surface area contributed by atoms with E-state index in [1.54, 1.807) is 6.07 Å². The third kappa shape index (κ3) is 4.17. The van der Waals surface area contributed by atoms with Crippen LogP contribution >= 0.6 is 0 Å². The van der Waals surface area contributed by atoms with Crippen molar-refractivity contribution in [1.82, 2.24) is 20.8 Å². The van der Waals surface area contributed by atoms with Crippen molar-refractivity contribution in [3.05, 3.63) is 42.1 Å². The Morgan fingerprint density at radius 2 is 1.95 bits per heavy atom. The van der Waals surface area contributed by atoms with E-state index in [1.807, 2.05) is 37.3 Å². The molecule has 0 aliphatic carbocycles. The number of rotatable bonds is 6. The zero-order chi connectivity index (χ0) is 15.1. The molecule has 0 saturated carbocycles. The van der Waals surface area contributed by atoms with Crippen LogP contribution in [0, 0.1) is 0 Å². The Kier molecular flexibility index (Phi) is 5.09. The van der Waals surface area contributed by atoms with Gasteiger partial charge in [0.2, 0.25) is 5.91 Å². The van der Waals surface area contributed by atoms with Crippen molar-refractivity contribution in [2.24, 2.45) is 0 Å². The van der Waals surface area contributed by atoms with Crippen molar-refractivity contribution in [2.75, 3.05) is 13.1 Å². The van der Waals surface area contributed by atoms with Crippen LogP contribution in [0.1, 0.15) is 23.8 Å². The Morgan fingerprint density at radius 1 is 1.19 bits per heavy atom. The van der Waals surface area contributed by atoms with E-state index in [0.29, 0.717) is 17.9 Å². The predicted octanol–water partition coefficient (Wildman–Crippen LogP) is 1.33. The molecule has 3 N–H and O–H groups in total. The predicted molar refractivity (Wildman–Crippen MR) is 79.7 cm³/mol. The Hall–Kier alpha value is -2.63. The monoisotopic (exact) mass is 286 g/mol. The number of H-pyrrole nitrogens is 1. The second-order valence-corrected chi connectivity index (χ2v) is 4.57. The molecule has 2 rings (SSSR count). The molecule has 0 atom stereocenters. The van der Waals surface area contributed by atoms with Gasteiger partial charge >= 0.3 is 0 Å². The SMILES string of the molecule is CCCNC(=O)CNC(=O)c1cc(-c2ccccc2)n[nH]1. The minimum atomic E-state index is -0.351. The van der Waals surface area contributed by atoms with Crippen molar-refractivity contribution in [3.8, 4) is 11.3 Å². The zero-order valence-electron chi connectivity index (χ0n) is 11.8. The standard InChI is InChI=1S/C15H18N4O2/c1-2-8-16-14(20)10-17-15(21)13-9-12(18-19-13)11-6-4-3-5-7-11/h3-7,9H,2,8,10H2,1H3,(H,16,20)(H,17,21)(H,18,19). The quantitative estimate of drug-likeness (QED) is 0.748. The van der Waals surface area contributed by atoms with Gasteiger partial charge in [-0.2, -0.15) is 5.10 Å². The van der Waals surface area contributed by atoms with Gasteiger partial charge in [-0.15, -0.1) is 0 Å². The minimum absolute atomic E-state index is 0.0431. The summed E-state index contributed by atoms with van der Waals surface area (Å²) in [6, 6.07) is 11.2. The van der Waals surface area contributed by atoms with Crippen molar-refractivity contribution in [2.45, 2.75) is 13.3 Å². The van der Waals surface area contributed by atoms with Crippen LogP contribution in [0.2, 0.25) is 0 Å². The zero-order valence-corrected chi connectivity index (χ0v) is 11.8. The molecule has 0 unspecified atom stereocenters. The van der Waals surface area contributed by atoms with E-state index in [0.717, 1.165) is 12.0 Å². The molecule has 6 heteroatoms. The van der Waals surface area contributed by atoms with E-state index in [1.165, 1.54) is 0 Å². The van der Waals surface area contributed by atoms with E-state index in [9.17, 15) is 9.59 Å². The van der Waals surface area contributed by atoms with Gasteiger partial charge in [-0.3, -0.25) is 14.7 Å². The molecule has 0 aliphatic rings. The van der Waals surface area contributed by atoms with Gasteiger partial charge in [-0.1, -0.05) is 37.3 Å². The summed E-state index contributed by atoms with van der Waals surface area (Å²) < 4.78 is 0. The van der Waals surface area contributed by atoms with Gasteiger partial charge in [-0.25, -0.2) is 0 Å². The number of aromatic nitrogens is 2. The lowest BCUT2D eigenvalue weighted by Gasteiger charge is -2.04. The summed E-state index contributed by atoms with van der Waals surface area (Å²) >= 11 is 0. The van der Waals surface area contributed by atoms with E-state index in [2.05, 4.69) is 20.8 Å². The van der Waals surface area contributed by atoms with Crippen molar-refractivity contribution in [3.63, 3.8) is 0 Å². The Bertz CT molecular complexity index is 607. The van der Waals surface area contributed by atoms with Crippen LogP contribution in [0.4, 0.5) is 0 Å². The van der Waals surface area contributed by atoms with Crippen LogP contribution in [0.5, 0.6) is 0 Å². The van der Waals surface area contributed by atoms with Gasteiger partial charge in [0.15, 0.2) is 0 Å². The number of carbonyl (C=O) groups is 2. The minimum Gasteiger partial charge on any atom is -0.355 e. The van der Waals surface area contributed by atoms with Gasteiger partial charge in [0, 0.05) is 12.1 Å². The average molecular weight is 286 g/mol. The van der Waals surface area contributed by atoms with Crippen molar-refractivity contribution in [1.29, 1.82) is 0 Å². The molecule has 1 heterocycles. The fourth-order valence-corrected chi connectivity index (χ4v) is 1.78. The maximum Gasteiger partial charge on any atom is 0.269 e. The number of hydrogen-bond donors (Lipinski definition) is 3. The first-order chi connectivity index (χ1) is 10.2. The second kappa shape index (κ2) is 7.23. The van der Waals surface area contributed by atoms with Crippen LogP contribution in [0.3, 0.4) is 0 Å². The number of benzene rings is 1. The highest BCUT2D eigenvalue weighted by atomic mass is 16.2. The van der Waals surface area contributed by atoms with Gasteiger partial charge in [0.25, 0.3) is 5.91 Å². The summed E-state index contributed by atoms with van der Waals surface area (Å²) in [5, 5.41) is 12.0. The van der Waals surface area contributed by atoms with Crippen molar-refractivity contribution >= 4 is 11.8 Å². The Balaban J connectivity index is 1.92. The fraction of sp³-hybridized carbons (Fsp3) is 0.267. The molecule has 0 aliphatic heterocycles. The van der Waals surface area contributed by atoms with Crippen LogP contribution in [0.15, 0.2) is 36.4 Å². The van der Waals surface area contributed by atoms with Crippen molar-refractivity contribution < 1.29 is 9.59 Å². The third-order valence-electron chi connectivity index (χ3n) is 2.87. The normalized spacial score (nSPS) is 10.1. The molecule has 110 valence electrons. The molecule has 1 aromatic heterocycles. The maximum absolute atomic E-state index is 11.9. The average Bonchev–Trinajstić information content (AvgIpc) is 3.01. The first-order valence-corrected chi connectivity index (χ1v) is 6.86. The number of nitrogens with one attached hydrogen (secondary N) is 3. The number of hydrogen-bond acceptors (Lipinski definition) is 3. The van der Waals surface area contributed by atoms with Crippen LogP contribution in [-0.4, -0.2) is 35.1 Å². The van der Waals surface area contributed by atoms with Crippen LogP contribution in [-0.2, 0) is 4.79 Å². The first-order valence-electron chi connectivity index (χ1n) is 6.86. The summed E-state index contributed by atoms with van der Waals surface area (Å²) in [5.74, 6) is -0.552. The number of amides is 2. The molecule has 21 heavy (non-hydrogen) atoms. The summed E-state index contributed by atoms with van der Waals surface area (Å²) in [6.45, 7) is 2.53. The fourth-order valence-electron chi connectivity index (χ4n) is 1.78. The number of aromatic amines is 1. The van der Waals surface area contributed by atoms with Crippen LogP contribution in [0.25, 0.3) is 11.3 Å². The Morgan fingerprint density at radius 3 is 2.67 bits per heavy atom. The molecule has 2 aromatic rings. The van der Waals surface area contributed by atoms with Gasteiger partial charge in [-0.05, 0) is 12.5 Å². The molecule has 6 nitrogen and oxygen atoms in total. The lowest BCUT2D eigenvalue weighted by atomic mass is 10.1.